The summed E-state index contributed by atoms with van der Waals surface area (Å²) < 4.78 is 3.12. The molecule has 2 rings (SSSR count). The number of aromatic nitrogens is 1. The molecule has 17 heavy (non-hydrogen) atoms. The second kappa shape index (κ2) is 5.32. The van der Waals surface area contributed by atoms with Crippen molar-refractivity contribution in [2.24, 2.45) is 0 Å². The molecule has 0 aliphatic rings. The third-order valence-electron chi connectivity index (χ3n) is 2.85. The maximum atomic E-state index is 7.97. The van der Waals surface area contributed by atoms with E-state index in [1.807, 2.05) is 42.0 Å². The lowest BCUT2D eigenvalue weighted by Gasteiger charge is -2.09. The molecule has 88 valence electrons. The largest absolute Gasteiger partial charge is 0.333 e. The fourth-order valence-electron chi connectivity index (χ4n) is 1.80. The summed E-state index contributed by atoms with van der Waals surface area (Å²) in [4.78, 5) is 0. The van der Waals surface area contributed by atoms with Crippen LogP contribution in [-0.2, 0) is 13.0 Å². The number of pyridine rings is 1. The van der Waals surface area contributed by atoms with Gasteiger partial charge in [0.2, 0.25) is 0 Å². The van der Waals surface area contributed by atoms with E-state index in [0.717, 1.165) is 23.0 Å². The molecule has 2 nitrogen and oxygen atoms in total. The van der Waals surface area contributed by atoms with Crippen LogP contribution in [0.1, 0.15) is 11.1 Å². The molecule has 0 amide bonds. The molecule has 0 aliphatic heterocycles. The number of hydrogen-bond donors (Lipinski definition) is 1. The molecule has 1 heterocycles. The standard InChI is InChI=1S/C14H15BrN2/c1-11-5-4-9-17(14(11)16)10-8-12-6-2-3-7-13(12)15/h2-7,9,16H,8,10H2,1H3. The van der Waals surface area contributed by atoms with Crippen LogP contribution in [0, 0.1) is 12.3 Å². The minimum Gasteiger partial charge on any atom is -0.333 e. The van der Waals surface area contributed by atoms with Crippen molar-refractivity contribution in [1.29, 1.82) is 5.41 Å². The van der Waals surface area contributed by atoms with E-state index in [1.54, 1.807) is 0 Å². The summed E-state index contributed by atoms with van der Waals surface area (Å²) in [6, 6.07) is 12.2. The zero-order chi connectivity index (χ0) is 12.3. The maximum absolute atomic E-state index is 7.97. The lowest BCUT2D eigenvalue weighted by molar-refractivity contribution is 0.645. The lowest BCUT2D eigenvalue weighted by Crippen LogP contribution is -2.22. The molecule has 1 aromatic heterocycles. The average Bonchev–Trinajstić information content (AvgIpc) is 2.33. The Balaban J connectivity index is 2.16. The molecule has 3 heteroatoms. The van der Waals surface area contributed by atoms with Crippen LogP contribution < -0.4 is 5.49 Å². The Labute approximate surface area is 110 Å². The monoisotopic (exact) mass is 290 g/mol. The Morgan fingerprint density at radius 3 is 2.71 bits per heavy atom. The number of benzene rings is 1. The lowest BCUT2D eigenvalue weighted by atomic mass is 10.1. The summed E-state index contributed by atoms with van der Waals surface area (Å²) >= 11 is 3.55. The molecule has 0 saturated carbocycles. The highest BCUT2D eigenvalue weighted by atomic mass is 79.9. The number of halogens is 1. The Morgan fingerprint density at radius 2 is 1.94 bits per heavy atom. The van der Waals surface area contributed by atoms with Gasteiger partial charge in [-0.3, -0.25) is 5.41 Å². The highest BCUT2D eigenvalue weighted by molar-refractivity contribution is 9.10. The Kier molecular flexibility index (Phi) is 3.79. The minimum absolute atomic E-state index is 0.597. The van der Waals surface area contributed by atoms with Gasteiger partial charge in [-0.15, -0.1) is 0 Å². The molecular formula is C14H15BrN2. The Bertz CT molecular complexity index is 572. The van der Waals surface area contributed by atoms with Gasteiger partial charge < -0.3 is 4.57 Å². The quantitative estimate of drug-likeness (QED) is 0.899. The molecule has 0 bridgehead atoms. The number of rotatable bonds is 3. The first kappa shape index (κ1) is 12.1. The summed E-state index contributed by atoms with van der Waals surface area (Å²) in [5.41, 5.74) is 2.89. The zero-order valence-corrected chi connectivity index (χ0v) is 11.4. The molecule has 0 spiro atoms. The van der Waals surface area contributed by atoms with E-state index in [1.165, 1.54) is 5.56 Å². The highest BCUT2D eigenvalue weighted by Crippen LogP contribution is 2.16. The number of hydrogen-bond acceptors (Lipinski definition) is 1. The smallest absolute Gasteiger partial charge is 0.127 e. The van der Waals surface area contributed by atoms with Gasteiger partial charge in [-0.25, -0.2) is 0 Å². The Hall–Kier alpha value is -1.35. The number of nitrogens with one attached hydrogen (secondary N) is 1. The van der Waals surface area contributed by atoms with Crippen molar-refractivity contribution < 1.29 is 0 Å². The fourth-order valence-corrected chi connectivity index (χ4v) is 2.28. The second-order valence-electron chi connectivity index (χ2n) is 4.07. The molecule has 0 unspecified atom stereocenters. The normalized spacial score (nSPS) is 10.5. The predicted molar refractivity (Wildman–Crippen MR) is 72.9 cm³/mol. The summed E-state index contributed by atoms with van der Waals surface area (Å²) in [6.07, 6.45) is 2.90. The van der Waals surface area contributed by atoms with Gasteiger partial charge in [0.05, 0.1) is 0 Å². The van der Waals surface area contributed by atoms with Crippen molar-refractivity contribution in [2.45, 2.75) is 19.9 Å². The van der Waals surface area contributed by atoms with E-state index in [-0.39, 0.29) is 0 Å². The van der Waals surface area contributed by atoms with E-state index >= 15 is 0 Å². The summed E-state index contributed by atoms with van der Waals surface area (Å²) in [7, 11) is 0. The van der Waals surface area contributed by atoms with E-state index < -0.39 is 0 Å². The predicted octanol–water partition coefficient (Wildman–Crippen LogP) is 3.28. The van der Waals surface area contributed by atoms with Gasteiger partial charge in [-0.1, -0.05) is 40.2 Å². The number of aryl methyl sites for hydroxylation is 3. The summed E-state index contributed by atoms with van der Waals surface area (Å²) in [6.45, 7) is 2.81. The van der Waals surface area contributed by atoms with E-state index in [2.05, 4.69) is 28.1 Å². The van der Waals surface area contributed by atoms with Crippen molar-refractivity contribution in [1.82, 2.24) is 4.57 Å². The third kappa shape index (κ3) is 2.86. The summed E-state index contributed by atoms with van der Waals surface area (Å²) in [5.74, 6) is 0. The minimum atomic E-state index is 0.597. The van der Waals surface area contributed by atoms with Crippen molar-refractivity contribution >= 4 is 15.9 Å². The topological polar surface area (TPSA) is 28.8 Å². The van der Waals surface area contributed by atoms with E-state index in [9.17, 15) is 0 Å². The van der Waals surface area contributed by atoms with Crippen LogP contribution in [0.15, 0.2) is 47.1 Å². The molecule has 0 fully saturated rings. The molecular weight excluding hydrogens is 276 g/mol. The van der Waals surface area contributed by atoms with Crippen molar-refractivity contribution in [2.75, 3.05) is 0 Å². The molecule has 0 saturated heterocycles. The van der Waals surface area contributed by atoms with Crippen LogP contribution in [0.3, 0.4) is 0 Å². The van der Waals surface area contributed by atoms with Gasteiger partial charge in [0.15, 0.2) is 0 Å². The fraction of sp³-hybridized carbons (Fsp3) is 0.214. The SMILES string of the molecule is Cc1cccn(CCc2ccccc2Br)c1=N. The first-order valence-corrected chi connectivity index (χ1v) is 6.42. The van der Waals surface area contributed by atoms with Gasteiger partial charge in [-0.05, 0) is 36.6 Å². The van der Waals surface area contributed by atoms with Crippen LogP contribution in [0.25, 0.3) is 0 Å². The molecule has 0 radical (unpaired) electrons. The molecule has 0 atom stereocenters. The number of nitrogens with zero attached hydrogens (tertiary/aromatic N) is 1. The van der Waals surface area contributed by atoms with Gasteiger partial charge >= 0.3 is 0 Å². The van der Waals surface area contributed by atoms with E-state index in [4.69, 9.17) is 5.41 Å². The maximum Gasteiger partial charge on any atom is 0.127 e. The van der Waals surface area contributed by atoms with Crippen LogP contribution in [0.5, 0.6) is 0 Å². The third-order valence-corrected chi connectivity index (χ3v) is 3.63. The average molecular weight is 291 g/mol. The van der Waals surface area contributed by atoms with Crippen LogP contribution in [0.2, 0.25) is 0 Å². The molecule has 2 aromatic rings. The second-order valence-corrected chi connectivity index (χ2v) is 4.93. The van der Waals surface area contributed by atoms with Gasteiger partial charge in [0, 0.05) is 17.2 Å². The molecule has 1 N–H and O–H groups in total. The van der Waals surface area contributed by atoms with Crippen LogP contribution in [0.4, 0.5) is 0 Å². The van der Waals surface area contributed by atoms with Crippen LogP contribution in [-0.4, -0.2) is 4.57 Å². The zero-order valence-electron chi connectivity index (χ0n) is 9.78. The van der Waals surface area contributed by atoms with Gasteiger partial charge in [0.1, 0.15) is 5.49 Å². The van der Waals surface area contributed by atoms with Gasteiger partial charge in [0.25, 0.3) is 0 Å². The summed E-state index contributed by atoms with van der Waals surface area (Å²) in [5, 5.41) is 7.97. The van der Waals surface area contributed by atoms with Crippen molar-refractivity contribution in [3.63, 3.8) is 0 Å². The first-order chi connectivity index (χ1) is 8.18. The Morgan fingerprint density at radius 1 is 1.18 bits per heavy atom. The first-order valence-electron chi connectivity index (χ1n) is 5.62. The van der Waals surface area contributed by atoms with E-state index in [0.29, 0.717) is 5.49 Å². The van der Waals surface area contributed by atoms with Crippen molar-refractivity contribution in [3.8, 4) is 0 Å². The molecule has 1 aromatic carbocycles. The molecule has 0 aliphatic carbocycles. The van der Waals surface area contributed by atoms with Gasteiger partial charge in [-0.2, -0.15) is 0 Å². The highest BCUT2D eigenvalue weighted by Gasteiger charge is 2.00. The van der Waals surface area contributed by atoms with Crippen LogP contribution >= 0.6 is 15.9 Å². The van der Waals surface area contributed by atoms with Crippen molar-refractivity contribution in [3.05, 3.63) is 63.7 Å².